The number of hydrogen-bond donors (Lipinski definition) is 0. The Morgan fingerprint density at radius 3 is 2.71 bits per heavy atom. The molecule has 0 saturated heterocycles. The average molecular weight is 342 g/mol. The van der Waals surface area contributed by atoms with Gasteiger partial charge in [-0.1, -0.05) is 24.8 Å². The lowest BCUT2D eigenvalue weighted by Gasteiger charge is -2.22. The van der Waals surface area contributed by atoms with Gasteiger partial charge in [0.1, 0.15) is 19.0 Å². The van der Waals surface area contributed by atoms with Gasteiger partial charge in [-0.15, -0.1) is 0 Å². The zero-order chi connectivity index (χ0) is 17.1. The first-order valence-electron chi connectivity index (χ1n) is 7.64. The maximum absolute atomic E-state index is 12.6. The maximum atomic E-state index is 12.6. The van der Waals surface area contributed by atoms with Crippen molar-refractivity contribution < 1.29 is 18.8 Å². The number of carbonyl (C=O) groups excluding carboxylic acids is 1. The lowest BCUT2D eigenvalue weighted by Crippen LogP contribution is -2.15. The van der Waals surface area contributed by atoms with Gasteiger partial charge in [-0.05, 0) is 31.2 Å². The molecule has 0 aromatic heterocycles. The third kappa shape index (κ3) is 3.47. The highest BCUT2D eigenvalue weighted by Crippen LogP contribution is 2.35. The van der Waals surface area contributed by atoms with Gasteiger partial charge in [-0.25, -0.2) is 4.79 Å². The number of fused-ring (bicyclic) bond motifs is 2. The van der Waals surface area contributed by atoms with Crippen molar-refractivity contribution in [2.75, 3.05) is 13.2 Å². The summed E-state index contributed by atoms with van der Waals surface area (Å²) in [6, 6.07) is 13.3. The van der Waals surface area contributed by atoms with Gasteiger partial charge in [0.2, 0.25) is 0 Å². The summed E-state index contributed by atoms with van der Waals surface area (Å²) in [5.41, 5.74) is 2.45. The van der Waals surface area contributed by atoms with Crippen LogP contribution in [0.25, 0.3) is 0 Å². The van der Waals surface area contributed by atoms with Gasteiger partial charge in [0.25, 0.3) is 0 Å². The van der Waals surface area contributed by atoms with Gasteiger partial charge in [0.15, 0.2) is 9.79 Å². The van der Waals surface area contributed by atoms with Crippen LogP contribution in [0.3, 0.4) is 0 Å². The van der Waals surface area contributed by atoms with E-state index in [1.54, 1.807) is 13.0 Å². The van der Waals surface area contributed by atoms with Gasteiger partial charge in [-0.2, -0.15) is 0 Å². The molecule has 0 N–H and O–H groups in total. The van der Waals surface area contributed by atoms with Crippen LogP contribution in [0.1, 0.15) is 18.1 Å². The zero-order valence-corrected chi connectivity index (χ0v) is 14.2. The van der Waals surface area contributed by atoms with Crippen molar-refractivity contribution >= 4 is 17.1 Å². The molecule has 1 heterocycles. The molecule has 1 atom stereocenters. The summed E-state index contributed by atoms with van der Waals surface area (Å²) < 4.78 is 23.2. The van der Waals surface area contributed by atoms with E-state index in [9.17, 15) is 9.35 Å². The van der Waals surface area contributed by atoms with Crippen molar-refractivity contribution in [2.24, 2.45) is 0 Å². The number of benzene rings is 2. The summed E-state index contributed by atoms with van der Waals surface area (Å²) in [5.74, 6) is 0.257. The van der Waals surface area contributed by atoms with Gasteiger partial charge in [0, 0.05) is 34.3 Å². The summed E-state index contributed by atoms with van der Waals surface area (Å²) >= 11 is -1.15. The lowest BCUT2D eigenvalue weighted by atomic mass is 10.0. The van der Waals surface area contributed by atoms with Crippen LogP contribution in [0.2, 0.25) is 0 Å². The number of rotatable bonds is 5. The highest BCUT2D eigenvalue weighted by Gasteiger charge is 2.28. The monoisotopic (exact) mass is 342 g/mol. The first-order chi connectivity index (χ1) is 11.6. The van der Waals surface area contributed by atoms with Crippen molar-refractivity contribution in [3.8, 4) is 5.75 Å². The van der Waals surface area contributed by atoms with E-state index in [2.05, 4.69) is 6.58 Å². The van der Waals surface area contributed by atoms with E-state index in [0.29, 0.717) is 11.3 Å². The molecule has 1 aliphatic rings. The van der Waals surface area contributed by atoms with E-state index in [0.717, 1.165) is 27.3 Å². The standard InChI is InChI=1S/C19H18O4S/c1-13(2)19(20)23-10-9-22-16-7-8-18-15(12-16)11-14-5-3-4-6-17(14)24(18)21/h3-8,12H,1,9-11H2,2H3. The van der Waals surface area contributed by atoms with Crippen molar-refractivity contribution in [3.05, 3.63) is 65.7 Å². The van der Waals surface area contributed by atoms with Gasteiger partial charge in [-0.3, -0.25) is 0 Å². The Hall–Kier alpha value is -2.24. The Morgan fingerprint density at radius 1 is 1.17 bits per heavy atom. The van der Waals surface area contributed by atoms with Crippen LogP contribution in [0.5, 0.6) is 5.75 Å². The fourth-order valence-corrected chi connectivity index (χ4v) is 3.91. The predicted octanol–water partition coefficient (Wildman–Crippen LogP) is 3.26. The largest absolute Gasteiger partial charge is 0.606 e. The van der Waals surface area contributed by atoms with Crippen LogP contribution in [-0.2, 0) is 27.1 Å². The van der Waals surface area contributed by atoms with Crippen molar-refractivity contribution in [2.45, 2.75) is 23.1 Å². The highest BCUT2D eigenvalue weighted by molar-refractivity contribution is 7.91. The van der Waals surface area contributed by atoms with E-state index in [1.165, 1.54) is 0 Å². The van der Waals surface area contributed by atoms with Crippen molar-refractivity contribution in [1.29, 1.82) is 0 Å². The van der Waals surface area contributed by atoms with Crippen molar-refractivity contribution in [1.82, 2.24) is 0 Å². The Kier molecular flexibility index (Phi) is 4.92. The maximum Gasteiger partial charge on any atom is 0.333 e. The normalized spacial score (nSPS) is 15.2. The van der Waals surface area contributed by atoms with E-state index in [4.69, 9.17) is 9.47 Å². The number of carbonyl (C=O) groups is 1. The molecule has 0 fully saturated rings. The molecule has 2 aromatic rings. The lowest BCUT2D eigenvalue weighted by molar-refractivity contribution is -0.139. The van der Waals surface area contributed by atoms with Crippen LogP contribution >= 0.6 is 0 Å². The zero-order valence-electron chi connectivity index (χ0n) is 13.4. The molecule has 124 valence electrons. The molecule has 2 aromatic carbocycles. The molecule has 0 bridgehead atoms. The molecule has 1 aliphatic heterocycles. The molecule has 0 saturated carbocycles. The van der Waals surface area contributed by atoms with Crippen LogP contribution in [0, 0.1) is 0 Å². The first-order valence-corrected chi connectivity index (χ1v) is 8.79. The van der Waals surface area contributed by atoms with Crippen LogP contribution in [-0.4, -0.2) is 23.7 Å². The predicted molar refractivity (Wildman–Crippen MR) is 91.6 cm³/mol. The summed E-state index contributed by atoms with van der Waals surface area (Å²) in [7, 11) is 0. The Balaban J connectivity index is 1.65. The summed E-state index contributed by atoms with van der Waals surface area (Å²) in [6.07, 6.45) is 0.735. The Labute approximate surface area is 144 Å². The minimum Gasteiger partial charge on any atom is -0.606 e. The summed E-state index contributed by atoms with van der Waals surface area (Å²) in [6.45, 7) is 5.55. The SMILES string of the molecule is C=C(C)C(=O)OCCOc1ccc2c(c1)Cc1ccccc1[S+]2[O-]. The Bertz CT molecular complexity index is 785. The molecule has 24 heavy (non-hydrogen) atoms. The number of esters is 1. The second-order valence-electron chi connectivity index (χ2n) is 5.59. The fraction of sp³-hybridized carbons (Fsp3) is 0.211. The molecule has 0 radical (unpaired) electrons. The highest BCUT2D eigenvalue weighted by atomic mass is 32.2. The Morgan fingerprint density at radius 2 is 1.92 bits per heavy atom. The molecule has 0 amide bonds. The smallest absolute Gasteiger partial charge is 0.333 e. The number of hydrogen-bond acceptors (Lipinski definition) is 4. The fourth-order valence-electron chi connectivity index (χ4n) is 2.54. The van der Waals surface area contributed by atoms with E-state index >= 15 is 0 Å². The third-order valence-corrected chi connectivity index (χ3v) is 5.31. The minimum atomic E-state index is -1.15. The number of ether oxygens (including phenoxy) is 2. The molecular weight excluding hydrogens is 324 g/mol. The van der Waals surface area contributed by atoms with Crippen molar-refractivity contribution in [3.63, 3.8) is 0 Å². The van der Waals surface area contributed by atoms with E-state index in [-0.39, 0.29) is 13.2 Å². The molecular formula is C19H18O4S. The van der Waals surface area contributed by atoms with Gasteiger partial charge in [0.05, 0.1) is 0 Å². The molecule has 4 nitrogen and oxygen atoms in total. The summed E-state index contributed by atoms with van der Waals surface area (Å²) in [4.78, 5) is 13.0. The van der Waals surface area contributed by atoms with E-state index < -0.39 is 17.1 Å². The quantitative estimate of drug-likeness (QED) is 0.362. The average Bonchev–Trinajstić information content (AvgIpc) is 2.58. The van der Waals surface area contributed by atoms with Crippen LogP contribution in [0.4, 0.5) is 0 Å². The molecule has 0 spiro atoms. The topological polar surface area (TPSA) is 58.6 Å². The van der Waals surface area contributed by atoms with E-state index in [1.807, 2.05) is 36.4 Å². The molecule has 5 heteroatoms. The second-order valence-corrected chi connectivity index (χ2v) is 7.00. The van der Waals surface area contributed by atoms with Gasteiger partial charge >= 0.3 is 5.97 Å². The molecule has 0 aliphatic carbocycles. The molecule has 1 unspecified atom stereocenters. The summed E-state index contributed by atoms with van der Waals surface area (Å²) in [5, 5.41) is 0. The third-order valence-electron chi connectivity index (χ3n) is 3.72. The van der Waals surface area contributed by atoms with Crippen LogP contribution < -0.4 is 4.74 Å². The van der Waals surface area contributed by atoms with Gasteiger partial charge < -0.3 is 14.0 Å². The first kappa shape index (κ1) is 16.6. The van der Waals surface area contributed by atoms with Crippen LogP contribution in [0.15, 0.2) is 64.4 Å². The second kappa shape index (κ2) is 7.11. The minimum absolute atomic E-state index is 0.164. The molecule has 3 rings (SSSR count).